The first-order chi connectivity index (χ1) is 12.9. The molecule has 0 saturated carbocycles. The zero-order chi connectivity index (χ0) is 19.4. The average molecular weight is 377 g/mol. The summed E-state index contributed by atoms with van der Waals surface area (Å²) in [5, 5.41) is 1.89. The zero-order valence-electron chi connectivity index (χ0n) is 14.6. The molecule has 1 heterocycles. The van der Waals surface area contributed by atoms with Crippen LogP contribution < -0.4 is 10.4 Å². The molecule has 27 heavy (non-hydrogen) atoms. The maximum absolute atomic E-state index is 13.4. The van der Waals surface area contributed by atoms with Crippen molar-refractivity contribution in [2.24, 2.45) is 4.99 Å². The quantitative estimate of drug-likeness (QED) is 0.719. The van der Waals surface area contributed by atoms with Crippen molar-refractivity contribution in [2.45, 2.75) is 31.6 Å². The van der Waals surface area contributed by atoms with Gasteiger partial charge in [0.1, 0.15) is 18.3 Å². The Bertz CT molecular complexity index is 811. The van der Waals surface area contributed by atoms with Gasteiger partial charge in [-0.25, -0.2) is 9.38 Å². The highest BCUT2D eigenvalue weighted by atomic mass is 19.4. The lowest BCUT2D eigenvalue weighted by Gasteiger charge is -2.24. The summed E-state index contributed by atoms with van der Waals surface area (Å²) in [5.74, 6) is -2.36. The van der Waals surface area contributed by atoms with Gasteiger partial charge in [-0.2, -0.15) is 13.2 Å². The van der Waals surface area contributed by atoms with Crippen LogP contribution in [0.3, 0.4) is 0 Å². The zero-order valence-corrected chi connectivity index (χ0v) is 14.6. The molecule has 142 valence electrons. The fourth-order valence-corrected chi connectivity index (χ4v) is 2.90. The van der Waals surface area contributed by atoms with Gasteiger partial charge in [0.25, 0.3) is 0 Å². The van der Waals surface area contributed by atoms with E-state index in [1.807, 2.05) is 24.1 Å². The molecule has 2 aromatic rings. The molecular formula is C20H19F4N3. The number of allylic oxidation sites excluding steroid dienone is 1. The van der Waals surface area contributed by atoms with Crippen molar-refractivity contribution >= 4 is 18.1 Å². The standard InChI is InChI=1S/C20H19F4N3/c1-2-19-25-13-26-27(19)17-10-3-14(4-11-17)5-12-18(20(22,23)24)15-6-8-16(21)9-7-15/h3-13,18-19H,2H2,1H3,(H,25,26)/b12-5+. The third kappa shape index (κ3) is 4.48. The number of aliphatic imine (C=N–C) groups is 1. The Balaban J connectivity index is 1.77. The number of nitrogens with one attached hydrogen (secondary N) is 1. The molecule has 0 aliphatic carbocycles. The van der Waals surface area contributed by atoms with Crippen molar-refractivity contribution in [3.05, 3.63) is 71.6 Å². The van der Waals surface area contributed by atoms with Crippen LogP contribution in [0.2, 0.25) is 0 Å². The van der Waals surface area contributed by atoms with Gasteiger partial charge in [0.15, 0.2) is 0 Å². The van der Waals surface area contributed by atoms with Crippen LogP contribution >= 0.6 is 0 Å². The van der Waals surface area contributed by atoms with E-state index in [1.54, 1.807) is 18.5 Å². The van der Waals surface area contributed by atoms with Crippen molar-refractivity contribution in [1.29, 1.82) is 0 Å². The van der Waals surface area contributed by atoms with Gasteiger partial charge in [-0.05, 0) is 41.8 Å². The Kier molecular flexibility index (Phi) is 5.48. The number of anilines is 1. The van der Waals surface area contributed by atoms with Crippen molar-refractivity contribution in [2.75, 3.05) is 5.01 Å². The van der Waals surface area contributed by atoms with Gasteiger partial charge in [-0.15, -0.1) is 0 Å². The van der Waals surface area contributed by atoms with Gasteiger partial charge in [-0.3, -0.25) is 10.4 Å². The number of hydrogen-bond acceptors (Lipinski definition) is 3. The molecular weight excluding hydrogens is 358 g/mol. The van der Waals surface area contributed by atoms with E-state index in [9.17, 15) is 17.6 Å². The maximum atomic E-state index is 13.4. The predicted molar refractivity (Wildman–Crippen MR) is 98.9 cm³/mol. The van der Waals surface area contributed by atoms with Gasteiger partial charge in [0, 0.05) is 0 Å². The summed E-state index contributed by atoms with van der Waals surface area (Å²) in [5.41, 5.74) is 4.55. The number of alkyl halides is 3. The van der Waals surface area contributed by atoms with E-state index in [2.05, 4.69) is 10.4 Å². The molecule has 1 aliphatic rings. The number of hydrazine groups is 1. The highest BCUT2D eigenvalue weighted by Gasteiger charge is 2.38. The fraction of sp³-hybridized carbons (Fsp3) is 0.250. The first kappa shape index (κ1) is 18.9. The highest BCUT2D eigenvalue weighted by molar-refractivity contribution is 5.65. The summed E-state index contributed by atoms with van der Waals surface area (Å²) < 4.78 is 53.2. The Hall–Kier alpha value is -2.83. The number of rotatable bonds is 5. The van der Waals surface area contributed by atoms with Crippen molar-refractivity contribution in [1.82, 2.24) is 5.43 Å². The van der Waals surface area contributed by atoms with Crippen LogP contribution in [0.15, 0.2) is 59.6 Å². The van der Waals surface area contributed by atoms with Gasteiger partial charge >= 0.3 is 6.18 Å². The second-order valence-corrected chi connectivity index (χ2v) is 6.19. The molecule has 0 amide bonds. The van der Waals surface area contributed by atoms with E-state index in [0.717, 1.165) is 42.4 Å². The Morgan fingerprint density at radius 2 is 1.78 bits per heavy atom. The van der Waals surface area contributed by atoms with Crippen LogP contribution in [0.1, 0.15) is 30.4 Å². The SMILES string of the molecule is CCC1N=CNN1c1ccc(/C=C/C(c2ccc(F)cc2)C(F)(F)F)cc1. The molecule has 2 atom stereocenters. The molecule has 3 nitrogen and oxygen atoms in total. The van der Waals surface area contributed by atoms with Crippen LogP contribution in [0, 0.1) is 5.82 Å². The van der Waals surface area contributed by atoms with E-state index in [0.29, 0.717) is 5.56 Å². The first-order valence-electron chi connectivity index (χ1n) is 8.56. The molecule has 2 unspecified atom stereocenters. The Labute approximate surface area is 155 Å². The van der Waals surface area contributed by atoms with Crippen molar-refractivity contribution in [3.8, 4) is 0 Å². The lowest BCUT2D eigenvalue weighted by atomic mass is 9.97. The first-order valence-corrected chi connectivity index (χ1v) is 8.56. The molecule has 0 spiro atoms. The minimum atomic E-state index is -4.46. The van der Waals surface area contributed by atoms with E-state index in [4.69, 9.17) is 0 Å². The number of nitrogens with zero attached hydrogens (tertiary/aromatic N) is 2. The number of benzene rings is 2. The van der Waals surface area contributed by atoms with Gasteiger partial charge < -0.3 is 0 Å². The van der Waals surface area contributed by atoms with Crippen LogP contribution in [-0.2, 0) is 0 Å². The average Bonchev–Trinajstić information content (AvgIpc) is 3.11. The lowest BCUT2D eigenvalue weighted by Crippen LogP contribution is -2.38. The molecule has 3 rings (SSSR count). The minimum absolute atomic E-state index is 0.000483. The van der Waals surface area contributed by atoms with Crippen LogP contribution in [0.25, 0.3) is 6.08 Å². The van der Waals surface area contributed by atoms with E-state index in [-0.39, 0.29) is 11.7 Å². The molecule has 1 N–H and O–H groups in total. The van der Waals surface area contributed by atoms with Crippen molar-refractivity contribution in [3.63, 3.8) is 0 Å². The monoisotopic (exact) mass is 377 g/mol. The fourth-order valence-electron chi connectivity index (χ4n) is 2.90. The van der Waals surface area contributed by atoms with E-state index in [1.165, 1.54) is 6.08 Å². The molecule has 1 aliphatic heterocycles. The van der Waals surface area contributed by atoms with Gasteiger partial charge in [-0.1, -0.05) is 43.3 Å². The highest BCUT2D eigenvalue weighted by Crippen LogP contribution is 2.36. The molecule has 0 aromatic heterocycles. The maximum Gasteiger partial charge on any atom is 0.399 e. The Morgan fingerprint density at radius 1 is 1.11 bits per heavy atom. The van der Waals surface area contributed by atoms with Crippen LogP contribution in [0.5, 0.6) is 0 Å². The number of halogens is 4. The second kappa shape index (κ2) is 7.82. The van der Waals surface area contributed by atoms with Crippen molar-refractivity contribution < 1.29 is 17.6 Å². The molecule has 0 bridgehead atoms. The smallest absolute Gasteiger partial charge is 0.286 e. The summed E-state index contributed by atoms with van der Waals surface area (Å²) in [6, 6.07) is 11.5. The van der Waals surface area contributed by atoms with E-state index >= 15 is 0 Å². The van der Waals surface area contributed by atoms with Crippen LogP contribution in [0.4, 0.5) is 23.2 Å². The minimum Gasteiger partial charge on any atom is -0.286 e. The normalized spacial score (nSPS) is 18.1. The van der Waals surface area contributed by atoms with Gasteiger partial charge in [0.2, 0.25) is 0 Å². The van der Waals surface area contributed by atoms with E-state index < -0.39 is 17.9 Å². The largest absolute Gasteiger partial charge is 0.399 e. The topological polar surface area (TPSA) is 27.6 Å². The summed E-state index contributed by atoms with van der Waals surface area (Å²) in [6.07, 6.45) is 0.512. The third-order valence-corrected chi connectivity index (χ3v) is 4.34. The summed E-state index contributed by atoms with van der Waals surface area (Å²) in [4.78, 5) is 4.28. The third-order valence-electron chi connectivity index (χ3n) is 4.34. The number of hydrogen-bond donors (Lipinski definition) is 1. The summed E-state index contributed by atoms with van der Waals surface area (Å²) >= 11 is 0. The second-order valence-electron chi connectivity index (χ2n) is 6.19. The summed E-state index contributed by atoms with van der Waals surface area (Å²) in [6.45, 7) is 2.02. The predicted octanol–water partition coefficient (Wildman–Crippen LogP) is 5.27. The molecule has 0 fully saturated rings. The lowest BCUT2D eigenvalue weighted by molar-refractivity contribution is -0.139. The molecule has 7 heteroatoms. The molecule has 0 saturated heterocycles. The van der Waals surface area contributed by atoms with Gasteiger partial charge in [0.05, 0.1) is 11.6 Å². The molecule has 0 radical (unpaired) electrons. The Morgan fingerprint density at radius 3 is 2.37 bits per heavy atom. The molecule has 2 aromatic carbocycles. The van der Waals surface area contributed by atoms with Crippen LogP contribution in [-0.4, -0.2) is 18.7 Å². The summed E-state index contributed by atoms with van der Waals surface area (Å²) in [7, 11) is 0.